The van der Waals surface area contributed by atoms with Crippen molar-refractivity contribution in [2.24, 2.45) is 5.92 Å². The molecule has 0 aliphatic heterocycles. The number of ether oxygens (including phenoxy) is 1. The first-order chi connectivity index (χ1) is 10.7. The van der Waals surface area contributed by atoms with Crippen LogP contribution >= 0.6 is 0 Å². The van der Waals surface area contributed by atoms with Crippen LogP contribution < -0.4 is 5.32 Å². The van der Waals surface area contributed by atoms with E-state index >= 15 is 0 Å². The molecule has 2 unspecified atom stereocenters. The van der Waals surface area contributed by atoms with Crippen LogP contribution in [0, 0.1) is 5.92 Å². The van der Waals surface area contributed by atoms with Crippen LogP contribution in [0.4, 0.5) is 13.2 Å². The van der Waals surface area contributed by atoms with Gasteiger partial charge in [0.25, 0.3) is 0 Å². The molecule has 0 aromatic heterocycles. The van der Waals surface area contributed by atoms with Gasteiger partial charge < -0.3 is 10.1 Å². The first kappa shape index (κ1) is 21.5. The summed E-state index contributed by atoms with van der Waals surface area (Å²) in [5.41, 5.74) is 0. The molecule has 134 valence electrons. The van der Waals surface area contributed by atoms with Gasteiger partial charge in [0.15, 0.2) is 0 Å². The number of esters is 1. The molecule has 0 spiro atoms. The van der Waals surface area contributed by atoms with E-state index in [0.29, 0.717) is 0 Å². The number of amides is 1. The lowest BCUT2D eigenvalue weighted by Crippen LogP contribution is -2.46. The fourth-order valence-corrected chi connectivity index (χ4v) is 2.00. The number of hydrogen-bond acceptors (Lipinski definition) is 3. The van der Waals surface area contributed by atoms with Crippen LogP contribution in [-0.4, -0.2) is 31.2 Å². The highest BCUT2D eigenvalue weighted by molar-refractivity contribution is 5.88. The molecule has 23 heavy (non-hydrogen) atoms. The van der Waals surface area contributed by atoms with Gasteiger partial charge >= 0.3 is 18.1 Å². The Morgan fingerprint density at radius 2 is 1.74 bits per heavy atom. The van der Waals surface area contributed by atoms with Gasteiger partial charge in [-0.05, 0) is 12.3 Å². The van der Waals surface area contributed by atoms with Crippen molar-refractivity contribution in [3.8, 4) is 0 Å². The Balaban J connectivity index is 4.47. The van der Waals surface area contributed by atoms with E-state index in [9.17, 15) is 22.8 Å². The number of carbonyl (C=O) groups is 2. The molecule has 0 aromatic carbocycles. The SMILES string of the molecule is CCCCCCCC(C)/C=C/C(NC(=O)C(F)(F)F)C(=O)OC. The lowest BCUT2D eigenvalue weighted by Gasteiger charge is -2.15. The Kier molecular flexibility index (Phi) is 10.3. The van der Waals surface area contributed by atoms with Gasteiger partial charge in [-0.15, -0.1) is 0 Å². The van der Waals surface area contributed by atoms with E-state index in [4.69, 9.17) is 0 Å². The van der Waals surface area contributed by atoms with Crippen LogP contribution in [0.1, 0.15) is 52.4 Å². The van der Waals surface area contributed by atoms with Crippen molar-refractivity contribution in [1.29, 1.82) is 0 Å². The lowest BCUT2D eigenvalue weighted by molar-refractivity contribution is -0.175. The Morgan fingerprint density at radius 3 is 2.26 bits per heavy atom. The predicted octanol–water partition coefficient (Wildman–Crippen LogP) is 3.76. The number of allylic oxidation sites excluding steroid dienone is 1. The lowest BCUT2D eigenvalue weighted by atomic mass is 10.0. The van der Waals surface area contributed by atoms with E-state index in [1.807, 2.05) is 6.92 Å². The first-order valence-electron chi connectivity index (χ1n) is 7.86. The third-order valence-electron chi connectivity index (χ3n) is 3.39. The zero-order valence-corrected chi connectivity index (χ0v) is 13.9. The number of alkyl halides is 3. The number of nitrogens with one attached hydrogen (secondary N) is 1. The van der Waals surface area contributed by atoms with Gasteiger partial charge in [0.1, 0.15) is 6.04 Å². The van der Waals surface area contributed by atoms with Crippen molar-refractivity contribution in [1.82, 2.24) is 5.32 Å². The highest BCUT2D eigenvalue weighted by atomic mass is 19.4. The highest BCUT2D eigenvalue weighted by Gasteiger charge is 2.40. The molecule has 0 aliphatic rings. The number of halogens is 3. The Bertz CT molecular complexity index is 395. The average Bonchev–Trinajstić information content (AvgIpc) is 2.49. The minimum atomic E-state index is -5.04. The van der Waals surface area contributed by atoms with Gasteiger partial charge in [0, 0.05) is 0 Å². The molecular weight excluding hydrogens is 311 g/mol. The maximum Gasteiger partial charge on any atom is 0.471 e. The predicted molar refractivity (Wildman–Crippen MR) is 81.7 cm³/mol. The van der Waals surface area contributed by atoms with Crippen molar-refractivity contribution in [2.75, 3.05) is 7.11 Å². The van der Waals surface area contributed by atoms with E-state index in [2.05, 4.69) is 11.7 Å². The summed E-state index contributed by atoms with van der Waals surface area (Å²) in [6.45, 7) is 4.05. The van der Waals surface area contributed by atoms with E-state index in [1.54, 1.807) is 11.4 Å². The van der Waals surface area contributed by atoms with Gasteiger partial charge in [-0.1, -0.05) is 58.1 Å². The molecular formula is C16H26F3NO3. The molecule has 0 bridgehead atoms. The molecule has 0 radical (unpaired) electrons. The van der Waals surface area contributed by atoms with Crippen molar-refractivity contribution < 1.29 is 27.5 Å². The van der Waals surface area contributed by atoms with Crippen molar-refractivity contribution in [3.05, 3.63) is 12.2 Å². The quantitative estimate of drug-likeness (QED) is 0.375. The molecule has 0 aliphatic carbocycles. The van der Waals surface area contributed by atoms with E-state index in [-0.39, 0.29) is 5.92 Å². The van der Waals surface area contributed by atoms with Gasteiger partial charge in [-0.3, -0.25) is 4.79 Å². The van der Waals surface area contributed by atoms with E-state index < -0.39 is 24.1 Å². The topological polar surface area (TPSA) is 55.4 Å². The summed E-state index contributed by atoms with van der Waals surface area (Å²) in [5.74, 6) is -3.00. The van der Waals surface area contributed by atoms with Crippen molar-refractivity contribution >= 4 is 11.9 Å². The number of hydrogen-bond donors (Lipinski definition) is 1. The van der Waals surface area contributed by atoms with Gasteiger partial charge in [0.2, 0.25) is 0 Å². The summed E-state index contributed by atoms with van der Waals surface area (Å²) < 4.78 is 41.2. The third-order valence-corrected chi connectivity index (χ3v) is 3.39. The smallest absolute Gasteiger partial charge is 0.467 e. The largest absolute Gasteiger partial charge is 0.471 e. The fraction of sp³-hybridized carbons (Fsp3) is 0.750. The van der Waals surface area contributed by atoms with Crippen LogP contribution in [0.5, 0.6) is 0 Å². The average molecular weight is 337 g/mol. The molecule has 0 rings (SSSR count). The molecule has 1 N–H and O–H groups in total. The zero-order valence-electron chi connectivity index (χ0n) is 13.9. The Labute approximate surface area is 135 Å². The molecule has 7 heteroatoms. The summed E-state index contributed by atoms with van der Waals surface area (Å²) in [6.07, 6.45) is 4.38. The molecule has 0 saturated heterocycles. The van der Waals surface area contributed by atoms with Crippen LogP contribution in [0.2, 0.25) is 0 Å². The van der Waals surface area contributed by atoms with E-state index in [0.717, 1.165) is 32.8 Å². The summed E-state index contributed by atoms with van der Waals surface area (Å²) in [6, 6.07) is -1.43. The highest BCUT2D eigenvalue weighted by Crippen LogP contribution is 2.16. The maximum atomic E-state index is 12.3. The molecule has 2 atom stereocenters. The number of carbonyl (C=O) groups excluding carboxylic acids is 2. The molecule has 0 saturated carbocycles. The molecule has 0 heterocycles. The minimum absolute atomic E-state index is 0.103. The number of rotatable bonds is 10. The van der Waals surface area contributed by atoms with Crippen LogP contribution in [0.15, 0.2) is 12.2 Å². The van der Waals surface area contributed by atoms with Gasteiger partial charge in [-0.2, -0.15) is 13.2 Å². The van der Waals surface area contributed by atoms with Crippen molar-refractivity contribution in [2.45, 2.75) is 64.6 Å². The second kappa shape index (κ2) is 11.1. The molecule has 0 aromatic rings. The second-order valence-corrected chi connectivity index (χ2v) is 5.54. The minimum Gasteiger partial charge on any atom is -0.467 e. The number of methoxy groups -OCH3 is 1. The van der Waals surface area contributed by atoms with Crippen LogP contribution in [0.3, 0.4) is 0 Å². The summed E-state index contributed by atoms with van der Waals surface area (Å²) in [4.78, 5) is 22.4. The third kappa shape index (κ3) is 9.97. The maximum absolute atomic E-state index is 12.3. The molecule has 0 fully saturated rings. The summed E-state index contributed by atoms with van der Waals surface area (Å²) in [5, 5.41) is 1.62. The van der Waals surface area contributed by atoms with Crippen LogP contribution in [0.25, 0.3) is 0 Å². The van der Waals surface area contributed by atoms with E-state index in [1.165, 1.54) is 18.9 Å². The monoisotopic (exact) mass is 337 g/mol. The second-order valence-electron chi connectivity index (χ2n) is 5.54. The van der Waals surface area contributed by atoms with Gasteiger partial charge in [-0.25, -0.2) is 4.79 Å². The Hall–Kier alpha value is -1.53. The molecule has 4 nitrogen and oxygen atoms in total. The van der Waals surface area contributed by atoms with Crippen LogP contribution in [-0.2, 0) is 14.3 Å². The summed E-state index contributed by atoms with van der Waals surface area (Å²) in [7, 11) is 1.06. The van der Waals surface area contributed by atoms with Crippen molar-refractivity contribution in [3.63, 3.8) is 0 Å². The summed E-state index contributed by atoms with van der Waals surface area (Å²) >= 11 is 0. The fourth-order valence-electron chi connectivity index (χ4n) is 2.00. The standard InChI is InChI=1S/C16H26F3NO3/c1-4-5-6-7-8-9-12(2)10-11-13(14(21)23-3)20-15(22)16(17,18)19/h10-13H,4-9H2,1-3H3,(H,20,22)/b11-10+. The Morgan fingerprint density at radius 1 is 1.13 bits per heavy atom. The first-order valence-corrected chi connectivity index (χ1v) is 7.86. The molecule has 1 amide bonds. The zero-order chi connectivity index (χ0) is 17.9. The number of unbranched alkanes of at least 4 members (excludes halogenated alkanes) is 4. The van der Waals surface area contributed by atoms with Gasteiger partial charge in [0.05, 0.1) is 7.11 Å². The normalized spacial score (nSPS) is 14.5.